The molecule has 0 amide bonds. The molecule has 0 atom stereocenters. The fourth-order valence-corrected chi connectivity index (χ4v) is 16.5. The molecule has 8 heterocycles. The van der Waals surface area contributed by atoms with E-state index in [0.717, 1.165) is 121 Å². The van der Waals surface area contributed by atoms with Crippen LogP contribution in [0.3, 0.4) is 0 Å². The number of fused-ring (bicyclic) bond motifs is 25. The van der Waals surface area contributed by atoms with Crippen LogP contribution in [0.1, 0.15) is 0 Å². The highest BCUT2D eigenvalue weighted by Crippen LogP contribution is 2.46. The zero-order valence-corrected chi connectivity index (χ0v) is 59.6. The van der Waals surface area contributed by atoms with Crippen LogP contribution < -0.4 is 0 Å². The highest BCUT2D eigenvalue weighted by molar-refractivity contribution is 6.35. The van der Waals surface area contributed by atoms with Gasteiger partial charge in [-0.2, -0.15) is 0 Å². The summed E-state index contributed by atoms with van der Waals surface area (Å²) in [5.41, 5.74) is 15.2. The Morgan fingerprint density at radius 3 is 1.08 bits per heavy atom. The summed E-state index contributed by atoms with van der Waals surface area (Å²) in [5, 5.41) is 25.0. The summed E-state index contributed by atoms with van der Waals surface area (Å²) in [7, 11) is 0. The van der Waals surface area contributed by atoms with E-state index < -0.39 is 0 Å². The van der Waals surface area contributed by atoms with E-state index in [-0.39, 0.29) is 0 Å². The minimum Gasteiger partial charge on any atom is -0.306 e. The van der Waals surface area contributed by atoms with Crippen molar-refractivity contribution in [1.82, 2.24) is 54.2 Å². The first-order valence-corrected chi connectivity index (χ1v) is 37.1. The number of hydrogen-bond acceptors (Lipinski definition) is 10. The quantitative estimate of drug-likeness (QED) is 0.142. The van der Waals surface area contributed by atoms with E-state index in [1.807, 2.05) is 140 Å². The highest BCUT2D eigenvalue weighted by Gasteiger charge is 2.22. The van der Waals surface area contributed by atoms with Crippen molar-refractivity contribution >= 4 is 135 Å². The Morgan fingerprint density at radius 2 is 0.586 bits per heavy atom. The topological polar surface area (TPSA) is 133 Å². The monoisotopic (exact) mass is 1420 g/mol. The van der Waals surface area contributed by atoms with Gasteiger partial charge in [0, 0.05) is 109 Å². The van der Waals surface area contributed by atoms with Crippen molar-refractivity contribution in [1.29, 1.82) is 0 Å². The second-order valence-electron chi connectivity index (χ2n) is 27.7. The molecule has 0 fully saturated rings. The summed E-state index contributed by atoms with van der Waals surface area (Å²) in [5.74, 6) is 1.96. The molecular formula is C100H61N11. The Hall–Kier alpha value is -15.2. The van der Waals surface area contributed by atoms with Crippen LogP contribution in [-0.4, -0.2) is 54.2 Å². The molecule has 11 nitrogen and oxygen atoms in total. The SMILES string of the molecule is c1ccc(-c2nc(-c3ccccc3)nc(-c3cc4c5ccccc5c5ncccc5c4c4ccccc34)n2)cc1.c1ccc2c(c1)c(-c1ccc(-c3cn4ccccc4n3)cc1)cc1c3ccccc3c3ncccc3c21.c1ccc2c(c1)c(-c1cncc(-c3ccncc3)n1)cc1c3ccccc3c3ncccc3c21. The smallest absolute Gasteiger partial charge is 0.164 e. The minimum atomic E-state index is 0.654. The molecule has 0 spiro atoms. The van der Waals surface area contributed by atoms with Gasteiger partial charge in [0.2, 0.25) is 0 Å². The summed E-state index contributed by atoms with van der Waals surface area (Å²) in [6.45, 7) is 0. The fraction of sp³-hybridized carbons (Fsp3) is 0. The van der Waals surface area contributed by atoms with Crippen molar-refractivity contribution < 1.29 is 0 Å². The first kappa shape index (κ1) is 64.2. The summed E-state index contributed by atoms with van der Waals surface area (Å²) >= 11 is 0. The molecule has 0 aliphatic rings. The van der Waals surface area contributed by atoms with Crippen LogP contribution in [0, 0.1) is 0 Å². The Balaban J connectivity index is 0.000000106. The average Bonchev–Trinajstić information content (AvgIpc) is 0.852. The Bertz CT molecular complexity index is 7550. The van der Waals surface area contributed by atoms with Gasteiger partial charge in [-0.3, -0.25) is 24.9 Å². The van der Waals surface area contributed by atoms with Gasteiger partial charge in [-0.25, -0.2) is 24.9 Å². The summed E-state index contributed by atoms with van der Waals surface area (Å²) in [6.07, 6.45) is 17.0. The number of benzene rings is 15. The van der Waals surface area contributed by atoms with Crippen LogP contribution in [0.5, 0.6) is 0 Å². The second kappa shape index (κ2) is 27.0. The molecule has 23 aromatic rings. The van der Waals surface area contributed by atoms with Crippen LogP contribution in [0.15, 0.2) is 371 Å². The Labute approximate surface area is 635 Å². The summed E-state index contributed by atoms with van der Waals surface area (Å²) in [4.78, 5) is 47.9. The maximum atomic E-state index is 5.06. The molecule has 0 radical (unpaired) electrons. The number of nitrogens with zero attached hydrogens (tertiary/aromatic N) is 11. The predicted octanol–water partition coefficient (Wildman–Crippen LogP) is 24.8. The first-order chi connectivity index (χ1) is 55.1. The Kier molecular flexibility index (Phi) is 15.6. The molecule has 516 valence electrons. The number of rotatable bonds is 7. The molecule has 11 heteroatoms. The van der Waals surface area contributed by atoms with Crippen molar-refractivity contribution in [2.75, 3.05) is 0 Å². The first-order valence-electron chi connectivity index (χ1n) is 37.1. The molecule has 0 saturated carbocycles. The van der Waals surface area contributed by atoms with E-state index >= 15 is 0 Å². The van der Waals surface area contributed by atoms with E-state index in [2.05, 4.69) is 227 Å². The summed E-state index contributed by atoms with van der Waals surface area (Å²) < 4.78 is 2.06. The van der Waals surface area contributed by atoms with Gasteiger partial charge in [-0.15, -0.1) is 0 Å². The lowest BCUT2D eigenvalue weighted by molar-refractivity contribution is 1.08. The van der Waals surface area contributed by atoms with Gasteiger partial charge < -0.3 is 4.40 Å². The zero-order chi connectivity index (χ0) is 73.3. The van der Waals surface area contributed by atoms with E-state index in [9.17, 15) is 0 Å². The van der Waals surface area contributed by atoms with Gasteiger partial charge in [0.05, 0.1) is 46.0 Å². The summed E-state index contributed by atoms with van der Waals surface area (Å²) in [6, 6.07) is 110. The number of imidazole rings is 1. The van der Waals surface area contributed by atoms with Gasteiger partial charge in [-0.05, 0) is 153 Å². The van der Waals surface area contributed by atoms with Crippen molar-refractivity contribution in [2.45, 2.75) is 0 Å². The molecule has 23 rings (SSSR count). The fourth-order valence-electron chi connectivity index (χ4n) is 16.5. The number of pyridine rings is 5. The predicted molar refractivity (Wildman–Crippen MR) is 456 cm³/mol. The molecule has 0 aliphatic carbocycles. The van der Waals surface area contributed by atoms with Gasteiger partial charge in [0.25, 0.3) is 0 Å². The van der Waals surface area contributed by atoms with Gasteiger partial charge in [0.15, 0.2) is 17.5 Å². The molecule has 8 aromatic heterocycles. The van der Waals surface area contributed by atoms with Crippen LogP contribution >= 0.6 is 0 Å². The van der Waals surface area contributed by atoms with Gasteiger partial charge in [-0.1, -0.05) is 255 Å². The number of aromatic nitrogens is 11. The highest BCUT2D eigenvalue weighted by atomic mass is 15.0. The van der Waals surface area contributed by atoms with Crippen LogP contribution in [0.25, 0.3) is 214 Å². The van der Waals surface area contributed by atoms with Gasteiger partial charge in [0.1, 0.15) is 5.65 Å². The standard InChI is InChI=1S/C36H22N4.C34H21N3.C30H18N4/c1-3-12-23(13-4-1)34-38-35(24-14-5-2-6-15-24)40-36(39-34)31-22-30-26-17-8-10-19-28(26)33-29(20-11-21-37-33)32(30)27-18-9-7-16-25(27)31;1-3-10-26-24(8-1)29(22-14-16-23(17-15-22)31-21-37-19-6-5-13-32(37)36-31)20-30-25-9-2-4-11-27(25)34-28(33(26)30)12-7-18-35-34;1-3-8-22-20(6-1)25(28-18-32-17-27(34-28)19-11-14-31-15-12-19)16-26-21-7-2-4-9-23(21)30-24(29(22)26)10-5-13-33-30/h1-22H;1-21H;1-18H. The van der Waals surface area contributed by atoms with Crippen molar-refractivity contribution in [3.05, 3.63) is 371 Å². The van der Waals surface area contributed by atoms with E-state index in [1.165, 1.54) is 75.8 Å². The molecule has 0 unspecified atom stereocenters. The second-order valence-corrected chi connectivity index (χ2v) is 27.7. The number of hydrogen-bond donors (Lipinski definition) is 0. The lowest BCUT2D eigenvalue weighted by Gasteiger charge is -2.15. The third kappa shape index (κ3) is 11.1. The lowest BCUT2D eigenvalue weighted by Crippen LogP contribution is -2.01. The van der Waals surface area contributed by atoms with Gasteiger partial charge >= 0.3 is 0 Å². The maximum Gasteiger partial charge on any atom is 0.164 e. The maximum absolute atomic E-state index is 5.06. The third-order valence-electron chi connectivity index (χ3n) is 21.5. The molecule has 0 N–H and O–H groups in total. The largest absolute Gasteiger partial charge is 0.306 e. The average molecular weight is 1420 g/mol. The molecule has 111 heavy (non-hydrogen) atoms. The molecule has 0 bridgehead atoms. The zero-order valence-electron chi connectivity index (χ0n) is 59.6. The van der Waals surface area contributed by atoms with Crippen molar-refractivity contribution in [3.8, 4) is 79.1 Å². The Morgan fingerprint density at radius 1 is 0.207 bits per heavy atom. The molecule has 0 saturated heterocycles. The van der Waals surface area contributed by atoms with E-state index in [1.54, 1.807) is 18.6 Å². The van der Waals surface area contributed by atoms with E-state index in [0.29, 0.717) is 17.5 Å². The molecular weight excluding hydrogens is 1360 g/mol. The van der Waals surface area contributed by atoms with Crippen LogP contribution in [-0.2, 0) is 0 Å². The minimum absolute atomic E-state index is 0.654. The third-order valence-corrected chi connectivity index (χ3v) is 21.5. The van der Waals surface area contributed by atoms with Crippen LogP contribution in [0.2, 0.25) is 0 Å². The normalized spacial score (nSPS) is 11.6. The molecule has 0 aliphatic heterocycles. The van der Waals surface area contributed by atoms with E-state index in [4.69, 9.17) is 39.9 Å². The van der Waals surface area contributed by atoms with Crippen molar-refractivity contribution in [3.63, 3.8) is 0 Å². The lowest BCUT2D eigenvalue weighted by atomic mass is 9.88. The van der Waals surface area contributed by atoms with Crippen molar-refractivity contribution in [2.24, 2.45) is 0 Å². The van der Waals surface area contributed by atoms with Crippen LogP contribution in [0.4, 0.5) is 0 Å². The molecule has 15 aromatic carbocycles.